The summed E-state index contributed by atoms with van der Waals surface area (Å²) >= 11 is 0. The Morgan fingerprint density at radius 3 is 1.82 bits per heavy atom. The molecule has 0 rings (SSSR count). The molecule has 1 nitrogen and oxygen atoms in total. The summed E-state index contributed by atoms with van der Waals surface area (Å²) in [5, 5.41) is 3.36. The van der Waals surface area contributed by atoms with E-state index in [1.165, 1.54) is 12.8 Å². The van der Waals surface area contributed by atoms with Crippen LogP contribution in [0.3, 0.4) is 0 Å². The average molecular weight is 157 g/mol. The van der Waals surface area contributed by atoms with Crippen LogP contribution in [0.25, 0.3) is 0 Å². The molecule has 0 aliphatic rings. The van der Waals surface area contributed by atoms with Crippen molar-refractivity contribution in [1.82, 2.24) is 5.32 Å². The van der Waals surface area contributed by atoms with E-state index in [4.69, 9.17) is 0 Å². The topological polar surface area (TPSA) is 12.0 Å². The number of hydrogen-bond donors (Lipinski definition) is 1. The Labute approximate surface area is 71.6 Å². The molecule has 0 fully saturated rings. The van der Waals surface area contributed by atoms with Gasteiger partial charge >= 0.3 is 0 Å². The summed E-state index contributed by atoms with van der Waals surface area (Å²) in [7, 11) is 2.06. The van der Waals surface area contributed by atoms with Gasteiger partial charge in [0.25, 0.3) is 0 Å². The van der Waals surface area contributed by atoms with Crippen molar-refractivity contribution in [1.29, 1.82) is 0 Å². The van der Waals surface area contributed by atoms with Crippen LogP contribution in [0.2, 0.25) is 0 Å². The number of nitrogens with one attached hydrogen (secondary N) is 1. The van der Waals surface area contributed by atoms with Gasteiger partial charge in [0.2, 0.25) is 0 Å². The molecule has 1 atom stereocenters. The molecule has 68 valence electrons. The van der Waals surface area contributed by atoms with Gasteiger partial charge in [-0.05, 0) is 31.7 Å². The standard InChI is InChI=1S/C10H23N/c1-8(2)6-7-10(11-5)9(3)4/h8-11H,6-7H2,1-5H3. The van der Waals surface area contributed by atoms with Crippen molar-refractivity contribution < 1.29 is 0 Å². The van der Waals surface area contributed by atoms with E-state index in [2.05, 4.69) is 40.1 Å². The smallest absolute Gasteiger partial charge is 0.00871 e. The Morgan fingerprint density at radius 2 is 1.55 bits per heavy atom. The van der Waals surface area contributed by atoms with Gasteiger partial charge in [0.05, 0.1) is 0 Å². The molecule has 0 heterocycles. The fraction of sp³-hybridized carbons (Fsp3) is 1.00. The monoisotopic (exact) mass is 157 g/mol. The molecule has 0 amide bonds. The molecule has 0 aromatic heterocycles. The first-order chi connectivity index (χ1) is 5.07. The first-order valence-electron chi connectivity index (χ1n) is 4.75. The molecule has 0 spiro atoms. The predicted molar refractivity (Wildman–Crippen MR) is 51.8 cm³/mol. The highest BCUT2D eigenvalue weighted by Crippen LogP contribution is 2.12. The lowest BCUT2D eigenvalue weighted by Crippen LogP contribution is -2.30. The second kappa shape index (κ2) is 5.59. The third-order valence-corrected chi connectivity index (χ3v) is 2.23. The Kier molecular flexibility index (Phi) is 5.57. The van der Waals surface area contributed by atoms with Gasteiger partial charge in [-0.3, -0.25) is 0 Å². The maximum absolute atomic E-state index is 3.36. The van der Waals surface area contributed by atoms with E-state index in [-0.39, 0.29) is 0 Å². The van der Waals surface area contributed by atoms with Crippen LogP contribution in [0.1, 0.15) is 40.5 Å². The number of hydrogen-bond acceptors (Lipinski definition) is 1. The molecule has 0 aliphatic carbocycles. The Balaban J connectivity index is 3.52. The van der Waals surface area contributed by atoms with Gasteiger partial charge in [0, 0.05) is 6.04 Å². The quantitative estimate of drug-likeness (QED) is 0.647. The molecule has 0 aromatic carbocycles. The molecular weight excluding hydrogens is 134 g/mol. The van der Waals surface area contributed by atoms with Crippen LogP contribution in [0.5, 0.6) is 0 Å². The molecule has 1 unspecified atom stereocenters. The molecule has 0 bridgehead atoms. The normalized spacial score (nSPS) is 14.5. The molecule has 1 N–H and O–H groups in total. The minimum Gasteiger partial charge on any atom is -0.317 e. The molecule has 11 heavy (non-hydrogen) atoms. The van der Waals surface area contributed by atoms with Gasteiger partial charge in [0.1, 0.15) is 0 Å². The predicted octanol–water partition coefficient (Wildman–Crippen LogP) is 2.67. The Hall–Kier alpha value is -0.0400. The fourth-order valence-corrected chi connectivity index (χ4v) is 1.32. The van der Waals surface area contributed by atoms with Crippen LogP contribution < -0.4 is 5.32 Å². The summed E-state index contributed by atoms with van der Waals surface area (Å²) in [6, 6.07) is 0.706. The first kappa shape index (κ1) is 11.0. The average Bonchev–Trinajstić information content (AvgIpc) is 1.87. The van der Waals surface area contributed by atoms with Crippen LogP contribution in [0.15, 0.2) is 0 Å². The zero-order chi connectivity index (χ0) is 8.85. The lowest BCUT2D eigenvalue weighted by Gasteiger charge is -2.20. The third kappa shape index (κ3) is 5.25. The van der Waals surface area contributed by atoms with Crippen molar-refractivity contribution in [2.75, 3.05) is 7.05 Å². The van der Waals surface area contributed by atoms with E-state index >= 15 is 0 Å². The SMILES string of the molecule is CNC(CCC(C)C)C(C)C. The summed E-state index contributed by atoms with van der Waals surface area (Å²) < 4.78 is 0. The first-order valence-corrected chi connectivity index (χ1v) is 4.75. The van der Waals surface area contributed by atoms with Gasteiger partial charge in [-0.15, -0.1) is 0 Å². The van der Waals surface area contributed by atoms with E-state index in [0.717, 1.165) is 11.8 Å². The van der Waals surface area contributed by atoms with Gasteiger partial charge in [-0.1, -0.05) is 27.7 Å². The van der Waals surface area contributed by atoms with Crippen LogP contribution in [0, 0.1) is 11.8 Å². The maximum atomic E-state index is 3.36. The summed E-state index contributed by atoms with van der Waals surface area (Å²) in [6.07, 6.45) is 2.65. The summed E-state index contributed by atoms with van der Waals surface area (Å²) in [5.74, 6) is 1.60. The molecule has 0 radical (unpaired) electrons. The Bertz CT molecular complexity index is 86.9. The minimum absolute atomic E-state index is 0.706. The van der Waals surface area contributed by atoms with Crippen LogP contribution >= 0.6 is 0 Å². The van der Waals surface area contributed by atoms with E-state index in [9.17, 15) is 0 Å². The lowest BCUT2D eigenvalue weighted by molar-refractivity contribution is 0.371. The van der Waals surface area contributed by atoms with E-state index < -0.39 is 0 Å². The highest BCUT2D eigenvalue weighted by molar-refractivity contribution is 4.68. The molecule has 1 heteroatoms. The molecule has 0 saturated heterocycles. The van der Waals surface area contributed by atoms with Crippen molar-refractivity contribution in [3.05, 3.63) is 0 Å². The zero-order valence-corrected chi connectivity index (χ0v) is 8.65. The highest BCUT2D eigenvalue weighted by atomic mass is 14.9. The van der Waals surface area contributed by atoms with Crippen LogP contribution in [-0.4, -0.2) is 13.1 Å². The second-order valence-electron chi connectivity index (χ2n) is 4.11. The van der Waals surface area contributed by atoms with Crippen LogP contribution in [0.4, 0.5) is 0 Å². The molecule has 0 aliphatic heterocycles. The van der Waals surface area contributed by atoms with Crippen molar-refractivity contribution in [3.8, 4) is 0 Å². The van der Waals surface area contributed by atoms with E-state index in [0.29, 0.717) is 6.04 Å². The minimum atomic E-state index is 0.706. The summed E-state index contributed by atoms with van der Waals surface area (Å²) in [6.45, 7) is 9.13. The molecule has 0 aromatic rings. The molecule has 0 saturated carbocycles. The van der Waals surface area contributed by atoms with Crippen molar-refractivity contribution in [3.63, 3.8) is 0 Å². The van der Waals surface area contributed by atoms with Gasteiger partial charge in [0.15, 0.2) is 0 Å². The zero-order valence-electron chi connectivity index (χ0n) is 8.65. The lowest BCUT2D eigenvalue weighted by atomic mass is 9.96. The summed E-state index contributed by atoms with van der Waals surface area (Å²) in [5.41, 5.74) is 0. The van der Waals surface area contributed by atoms with Gasteiger partial charge in [-0.25, -0.2) is 0 Å². The number of rotatable bonds is 5. The van der Waals surface area contributed by atoms with Crippen molar-refractivity contribution in [2.24, 2.45) is 11.8 Å². The van der Waals surface area contributed by atoms with E-state index in [1.807, 2.05) is 0 Å². The van der Waals surface area contributed by atoms with Crippen molar-refractivity contribution in [2.45, 2.75) is 46.6 Å². The Morgan fingerprint density at radius 1 is 1.00 bits per heavy atom. The maximum Gasteiger partial charge on any atom is 0.00871 e. The highest BCUT2D eigenvalue weighted by Gasteiger charge is 2.10. The second-order valence-corrected chi connectivity index (χ2v) is 4.11. The largest absolute Gasteiger partial charge is 0.317 e. The fourth-order valence-electron chi connectivity index (χ4n) is 1.32. The van der Waals surface area contributed by atoms with Gasteiger partial charge < -0.3 is 5.32 Å². The van der Waals surface area contributed by atoms with Gasteiger partial charge in [-0.2, -0.15) is 0 Å². The summed E-state index contributed by atoms with van der Waals surface area (Å²) in [4.78, 5) is 0. The molecular formula is C10H23N. The van der Waals surface area contributed by atoms with E-state index in [1.54, 1.807) is 0 Å². The van der Waals surface area contributed by atoms with Crippen molar-refractivity contribution >= 4 is 0 Å². The third-order valence-electron chi connectivity index (χ3n) is 2.23. The van der Waals surface area contributed by atoms with Crippen LogP contribution in [-0.2, 0) is 0 Å².